The van der Waals surface area contributed by atoms with Gasteiger partial charge in [0.15, 0.2) is 0 Å². The van der Waals surface area contributed by atoms with Crippen molar-refractivity contribution >= 4 is 11.8 Å². The lowest BCUT2D eigenvalue weighted by Crippen LogP contribution is -2.18. The summed E-state index contributed by atoms with van der Waals surface area (Å²) in [6.07, 6.45) is 0.440. The second kappa shape index (κ2) is 6.14. The van der Waals surface area contributed by atoms with Crippen LogP contribution in [0.2, 0.25) is 0 Å². The number of halogens is 2. The van der Waals surface area contributed by atoms with Crippen LogP contribution in [0.25, 0.3) is 0 Å². The second-order valence-corrected chi connectivity index (χ2v) is 3.99. The van der Waals surface area contributed by atoms with E-state index in [0.717, 1.165) is 12.1 Å². The van der Waals surface area contributed by atoms with Gasteiger partial charge in [0.25, 0.3) is 0 Å². The van der Waals surface area contributed by atoms with Gasteiger partial charge in [0.2, 0.25) is 0 Å². The topological polar surface area (TPSA) is 38.3 Å². The minimum absolute atomic E-state index is 0.0171. The third-order valence-corrected chi connectivity index (χ3v) is 2.08. The van der Waals surface area contributed by atoms with Crippen LogP contribution in [-0.2, 0) is 11.2 Å². The number of carbonyl (C=O) groups is 1. The molecule has 1 aromatic carbocycles. The molecule has 18 heavy (non-hydrogen) atoms. The maximum absolute atomic E-state index is 13.5. The molecule has 1 rings (SSSR count). The zero-order chi connectivity index (χ0) is 13.7. The number of allylic oxidation sites excluding steroid dienone is 1. The molecule has 0 aliphatic rings. The van der Waals surface area contributed by atoms with E-state index in [1.807, 2.05) is 0 Å². The van der Waals surface area contributed by atoms with Crippen molar-refractivity contribution in [2.24, 2.45) is 0 Å². The largest absolute Gasteiger partial charge is 0.447 e. The van der Waals surface area contributed by atoms with Gasteiger partial charge in [-0.1, -0.05) is 6.08 Å². The predicted octanol–water partition coefficient (Wildman–Crippen LogP) is 3.65. The lowest BCUT2D eigenvalue weighted by Gasteiger charge is -2.11. The molecule has 98 valence electrons. The van der Waals surface area contributed by atoms with E-state index < -0.39 is 17.7 Å². The Labute approximate surface area is 104 Å². The van der Waals surface area contributed by atoms with Crippen molar-refractivity contribution in [3.63, 3.8) is 0 Å². The molecule has 0 aliphatic carbocycles. The standard InChI is InChI=1S/C13H15F2NO2/c1-4-5-10-11(14)6-9(7-12(10)15)16-13(17)18-8(2)3/h4,6-8H,1,5H2,2-3H3,(H,16,17). The van der Waals surface area contributed by atoms with Gasteiger partial charge in [-0.25, -0.2) is 13.6 Å². The Kier molecular flexibility index (Phi) is 4.83. The quantitative estimate of drug-likeness (QED) is 0.834. The van der Waals surface area contributed by atoms with E-state index in [9.17, 15) is 13.6 Å². The molecule has 0 aliphatic heterocycles. The van der Waals surface area contributed by atoms with Crippen LogP contribution in [0.3, 0.4) is 0 Å². The molecule has 0 aromatic heterocycles. The number of hydrogen-bond donors (Lipinski definition) is 1. The van der Waals surface area contributed by atoms with Crippen LogP contribution in [0, 0.1) is 11.6 Å². The Morgan fingerprint density at radius 2 is 2.00 bits per heavy atom. The third-order valence-electron chi connectivity index (χ3n) is 2.08. The van der Waals surface area contributed by atoms with E-state index >= 15 is 0 Å². The normalized spacial score (nSPS) is 10.3. The van der Waals surface area contributed by atoms with Crippen LogP contribution in [0.15, 0.2) is 24.8 Å². The number of nitrogens with one attached hydrogen (secondary N) is 1. The molecule has 0 saturated heterocycles. The van der Waals surface area contributed by atoms with Crippen molar-refractivity contribution in [2.75, 3.05) is 5.32 Å². The maximum atomic E-state index is 13.5. The SMILES string of the molecule is C=CCc1c(F)cc(NC(=O)OC(C)C)cc1F. The molecule has 0 atom stereocenters. The minimum atomic E-state index is -0.750. The van der Waals surface area contributed by atoms with Crippen molar-refractivity contribution in [2.45, 2.75) is 26.4 Å². The minimum Gasteiger partial charge on any atom is -0.447 e. The molecule has 0 saturated carbocycles. The average Bonchev–Trinajstić information content (AvgIpc) is 2.22. The maximum Gasteiger partial charge on any atom is 0.411 e. The number of hydrogen-bond acceptors (Lipinski definition) is 2. The zero-order valence-corrected chi connectivity index (χ0v) is 10.3. The molecule has 0 bridgehead atoms. The Morgan fingerprint density at radius 3 is 2.44 bits per heavy atom. The van der Waals surface area contributed by atoms with Crippen LogP contribution in [0.5, 0.6) is 0 Å². The molecule has 0 spiro atoms. The fraction of sp³-hybridized carbons (Fsp3) is 0.308. The van der Waals surface area contributed by atoms with E-state index in [1.165, 1.54) is 6.08 Å². The van der Waals surface area contributed by atoms with Crippen LogP contribution in [-0.4, -0.2) is 12.2 Å². The summed E-state index contributed by atoms with van der Waals surface area (Å²) in [4.78, 5) is 11.3. The molecular weight excluding hydrogens is 240 g/mol. The number of rotatable bonds is 4. The summed E-state index contributed by atoms with van der Waals surface area (Å²) >= 11 is 0. The molecule has 1 amide bonds. The van der Waals surface area contributed by atoms with E-state index in [-0.39, 0.29) is 23.8 Å². The first-order valence-electron chi connectivity index (χ1n) is 5.50. The second-order valence-electron chi connectivity index (χ2n) is 3.99. The van der Waals surface area contributed by atoms with Crippen molar-refractivity contribution in [3.05, 3.63) is 42.0 Å². The van der Waals surface area contributed by atoms with Gasteiger partial charge in [0, 0.05) is 11.3 Å². The van der Waals surface area contributed by atoms with Gasteiger partial charge in [0.05, 0.1) is 6.10 Å². The number of amides is 1. The van der Waals surface area contributed by atoms with Gasteiger partial charge in [-0.3, -0.25) is 5.32 Å². The summed E-state index contributed by atoms with van der Waals surface area (Å²) in [7, 11) is 0. The summed E-state index contributed by atoms with van der Waals surface area (Å²) in [5.41, 5.74) is -0.0590. The van der Waals surface area contributed by atoms with E-state index in [2.05, 4.69) is 11.9 Å². The Bertz CT molecular complexity index is 435. The van der Waals surface area contributed by atoms with E-state index in [0.29, 0.717) is 0 Å². The summed E-state index contributed by atoms with van der Waals surface area (Å²) in [6, 6.07) is 2.09. The molecule has 1 aromatic rings. The molecule has 0 unspecified atom stereocenters. The molecule has 0 radical (unpaired) electrons. The number of benzene rings is 1. The summed E-state index contributed by atoms with van der Waals surface area (Å²) < 4.78 is 31.9. The lowest BCUT2D eigenvalue weighted by atomic mass is 10.1. The highest BCUT2D eigenvalue weighted by molar-refractivity contribution is 5.84. The number of ether oxygens (including phenoxy) is 1. The Balaban J connectivity index is 2.86. The van der Waals surface area contributed by atoms with Crippen LogP contribution < -0.4 is 5.32 Å². The highest BCUT2D eigenvalue weighted by Crippen LogP contribution is 2.20. The highest BCUT2D eigenvalue weighted by Gasteiger charge is 2.12. The average molecular weight is 255 g/mol. The monoisotopic (exact) mass is 255 g/mol. The Morgan fingerprint density at radius 1 is 1.44 bits per heavy atom. The van der Waals surface area contributed by atoms with Gasteiger partial charge >= 0.3 is 6.09 Å². The van der Waals surface area contributed by atoms with Crippen LogP contribution in [0.1, 0.15) is 19.4 Å². The molecular formula is C13H15F2NO2. The lowest BCUT2D eigenvalue weighted by molar-refractivity contribution is 0.130. The Hall–Kier alpha value is -1.91. The van der Waals surface area contributed by atoms with Gasteiger partial charge in [-0.2, -0.15) is 0 Å². The van der Waals surface area contributed by atoms with E-state index in [4.69, 9.17) is 4.74 Å². The predicted molar refractivity (Wildman–Crippen MR) is 65.5 cm³/mol. The summed E-state index contributed by atoms with van der Waals surface area (Å²) in [5.74, 6) is -1.45. The van der Waals surface area contributed by atoms with Gasteiger partial charge in [0.1, 0.15) is 11.6 Å². The first-order chi connectivity index (χ1) is 8.43. The van der Waals surface area contributed by atoms with Crippen molar-refractivity contribution in [1.29, 1.82) is 0 Å². The fourth-order valence-corrected chi connectivity index (χ4v) is 1.38. The molecule has 1 N–H and O–H groups in total. The van der Waals surface area contributed by atoms with Gasteiger partial charge in [-0.15, -0.1) is 6.58 Å². The first kappa shape index (κ1) is 14.2. The molecule has 3 nitrogen and oxygen atoms in total. The van der Waals surface area contributed by atoms with E-state index in [1.54, 1.807) is 13.8 Å². The van der Waals surface area contributed by atoms with Crippen LogP contribution in [0.4, 0.5) is 19.3 Å². The van der Waals surface area contributed by atoms with Crippen LogP contribution >= 0.6 is 0 Å². The smallest absolute Gasteiger partial charge is 0.411 e. The van der Waals surface area contributed by atoms with Crippen molar-refractivity contribution in [3.8, 4) is 0 Å². The van der Waals surface area contributed by atoms with Crippen molar-refractivity contribution < 1.29 is 18.3 Å². The zero-order valence-electron chi connectivity index (χ0n) is 10.3. The van der Waals surface area contributed by atoms with Gasteiger partial charge < -0.3 is 4.74 Å². The number of carbonyl (C=O) groups excluding carboxylic acids is 1. The fourth-order valence-electron chi connectivity index (χ4n) is 1.38. The molecule has 0 fully saturated rings. The first-order valence-corrected chi connectivity index (χ1v) is 5.50. The summed E-state index contributed by atoms with van der Waals surface area (Å²) in [6.45, 7) is 6.77. The van der Waals surface area contributed by atoms with Crippen molar-refractivity contribution in [1.82, 2.24) is 0 Å². The number of anilines is 1. The molecule has 0 heterocycles. The highest BCUT2D eigenvalue weighted by atomic mass is 19.1. The van der Waals surface area contributed by atoms with Gasteiger partial charge in [-0.05, 0) is 32.4 Å². The third kappa shape index (κ3) is 3.84. The molecule has 5 heteroatoms. The summed E-state index contributed by atoms with van der Waals surface area (Å²) in [5, 5.41) is 2.26.